The normalized spacial score (nSPS) is 11.4. The van der Waals surface area contributed by atoms with E-state index in [0.717, 1.165) is 0 Å². The summed E-state index contributed by atoms with van der Waals surface area (Å²) in [5, 5.41) is -0.0284. The molecule has 2 aromatic heterocycles. The van der Waals surface area contributed by atoms with Crippen LogP contribution in [0.4, 0.5) is 11.5 Å². The van der Waals surface area contributed by atoms with Gasteiger partial charge in [0.25, 0.3) is 10.0 Å². The number of anilines is 2. The SMILES string of the molecule is Cc1nc(S(=O)(=O)Nc2ccc(N)nc2)cn1C. The monoisotopic (exact) mass is 267 g/mol. The van der Waals surface area contributed by atoms with Gasteiger partial charge in [-0.2, -0.15) is 8.42 Å². The summed E-state index contributed by atoms with van der Waals surface area (Å²) in [6.45, 7) is 1.73. The molecule has 2 rings (SSSR count). The number of nitrogens with zero attached hydrogens (tertiary/aromatic N) is 3. The third-order valence-corrected chi connectivity index (χ3v) is 3.65. The summed E-state index contributed by atoms with van der Waals surface area (Å²) >= 11 is 0. The van der Waals surface area contributed by atoms with E-state index in [0.29, 0.717) is 17.3 Å². The van der Waals surface area contributed by atoms with E-state index in [-0.39, 0.29) is 5.03 Å². The molecule has 0 aliphatic heterocycles. The minimum absolute atomic E-state index is 0.0284. The first kappa shape index (κ1) is 12.4. The average Bonchev–Trinajstić information content (AvgIpc) is 2.63. The van der Waals surface area contributed by atoms with Gasteiger partial charge in [0, 0.05) is 13.2 Å². The number of pyridine rings is 1. The minimum Gasteiger partial charge on any atom is -0.384 e. The number of rotatable bonds is 3. The van der Waals surface area contributed by atoms with Crippen molar-refractivity contribution in [3.63, 3.8) is 0 Å². The highest BCUT2D eigenvalue weighted by atomic mass is 32.2. The first-order valence-electron chi connectivity index (χ1n) is 5.13. The number of aromatic nitrogens is 3. The van der Waals surface area contributed by atoms with E-state index in [4.69, 9.17) is 5.73 Å². The van der Waals surface area contributed by atoms with Crippen molar-refractivity contribution in [1.29, 1.82) is 0 Å². The molecule has 0 aliphatic rings. The van der Waals surface area contributed by atoms with Crippen molar-refractivity contribution < 1.29 is 8.42 Å². The molecule has 0 amide bonds. The van der Waals surface area contributed by atoms with Crippen LogP contribution in [-0.2, 0) is 17.1 Å². The van der Waals surface area contributed by atoms with E-state index in [9.17, 15) is 8.42 Å². The Balaban J connectivity index is 2.29. The number of nitrogens with one attached hydrogen (secondary N) is 1. The van der Waals surface area contributed by atoms with Gasteiger partial charge in [-0.25, -0.2) is 9.97 Å². The molecule has 0 aromatic carbocycles. The summed E-state index contributed by atoms with van der Waals surface area (Å²) in [4.78, 5) is 7.77. The van der Waals surface area contributed by atoms with Crippen LogP contribution in [0.5, 0.6) is 0 Å². The van der Waals surface area contributed by atoms with Crippen molar-refractivity contribution in [2.75, 3.05) is 10.5 Å². The predicted molar refractivity (Wildman–Crippen MR) is 67.4 cm³/mol. The topological polar surface area (TPSA) is 103 Å². The van der Waals surface area contributed by atoms with Crippen LogP contribution in [0, 0.1) is 6.92 Å². The summed E-state index contributed by atoms with van der Waals surface area (Å²) in [5.74, 6) is 0.942. The molecule has 3 N–H and O–H groups in total. The van der Waals surface area contributed by atoms with E-state index in [1.807, 2.05) is 0 Å². The summed E-state index contributed by atoms with van der Waals surface area (Å²) in [5.41, 5.74) is 5.76. The molecule has 0 fully saturated rings. The third-order valence-electron chi connectivity index (χ3n) is 2.40. The van der Waals surface area contributed by atoms with Crippen molar-refractivity contribution in [2.45, 2.75) is 11.9 Å². The second-order valence-corrected chi connectivity index (χ2v) is 5.44. The maximum atomic E-state index is 12.0. The molecule has 7 nitrogen and oxygen atoms in total. The molecule has 0 saturated carbocycles. The lowest BCUT2D eigenvalue weighted by Gasteiger charge is -2.04. The maximum absolute atomic E-state index is 12.0. The Bertz CT molecular complexity index is 641. The Morgan fingerprint density at radius 2 is 2.11 bits per heavy atom. The fourth-order valence-electron chi connectivity index (χ4n) is 1.33. The number of nitrogen functional groups attached to an aromatic ring is 1. The molecule has 0 spiro atoms. The summed E-state index contributed by atoms with van der Waals surface area (Å²) in [6, 6.07) is 3.05. The van der Waals surface area contributed by atoms with E-state index in [1.54, 1.807) is 18.5 Å². The highest BCUT2D eigenvalue weighted by molar-refractivity contribution is 7.92. The highest BCUT2D eigenvalue weighted by Crippen LogP contribution is 2.15. The van der Waals surface area contributed by atoms with Gasteiger partial charge in [0.15, 0.2) is 5.03 Å². The van der Waals surface area contributed by atoms with Crippen molar-refractivity contribution >= 4 is 21.5 Å². The summed E-state index contributed by atoms with van der Waals surface area (Å²) in [7, 11) is -1.96. The van der Waals surface area contributed by atoms with Gasteiger partial charge in [0.05, 0.1) is 11.9 Å². The Morgan fingerprint density at radius 1 is 1.39 bits per heavy atom. The van der Waals surface area contributed by atoms with Gasteiger partial charge in [-0.3, -0.25) is 4.72 Å². The Kier molecular flexibility index (Phi) is 2.95. The molecular weight excluding hydrogens is 254 g/mol. The average molecular weight is 267 g/mol. The lowest BCUT2D eigenvalue weighted by molar-refractivity contribution is 0.598. The number of nitrogens with two attached hydrogens (primary N) is 1. The fourth-order valence-corrected chi connectivity index (χ4v) is 2.41. The molecule has 2 heterocycles. The van der Waals surface area contributed by atoms with Gasteiger partial charge in [-0.05, 0) is 19.1 Å². The van der Waals surface area contributed by atoms with Crippen LogP contribution in [0.15, 0.2) is 29.6 Å². The predicted octanol–water partition coefficient (Wildman–Crippen LogP) is 0.507. The Morgan fingerprint density at radius 3 is 2.61 bits per heavy atom. The van der Waals surface area contributed by atoms with Gasteiger partial charge in [0.2, 0.25) is 0 Å². The standard InChI is InChI=1S/C10H13N5O2S/c1-7-13-10(6-15(7)2)18(16,17)14-8-3-4-9(11)12-5-8/h3-6,14H,1-2H3,(H2,11,12). The molecule has 0 radical (unpaired) electrons. The summed E-state index contributed by atoms with van der Waals surface area (Å²) < 4.78 is 28.0. The van der Waals surface area contributed by atoms with E-state index in [2.05, 4.69) is 14.7 Å². The Labute approximate surface area is 105 Å². The van der Waals surface area contributed by atoms with Crippen molar-refractivity contribution in [1.82, 2.24) is 14.5 Å². The van der Waals surface area contributed by atoms with Crippen molar-refractivity contribution in [3.8, 4) is 0 Å². The molecule has 18 heavy (non-hydrogen) atoms. The molecule has 0 atom stereocenters. The summed E-state index contributed by atoms with van der Waals surface area (Å²) in [6.07, 6.45) is 2.80. The number of hydrogen-bond acceptors (Lipinski definition) is 5. The highest BCUT2D eigenvalue weighted by Gasteiger charge is 2.18. The van der Waals surface area contributed by atoms with Crippen LogP contribution < -0.4 is 10.5 Å². The van der Waals surface area contributed by atoms with Gasteiger partial charge >= 0.3 is 0 Å². The first-order chi connectivity index (χ1) is 8.38. The fraction of sp³-hybridized carbons (Fsp3) is 0.200. The second kappa shape index (κ2) is 4.30. The zero-order chi connectivity index (χ0) is 13.3. The minimum atomic E-state index is -3.69. The zero-order valence-electron chi connectivity index (χ0n) is 9.95. The largest absolute Gasteiger partial charge is 0.384 e. The zero-order valence-corrected chi connectivity index (χ0v) is 10.8. The smallest absolute Gasteiger partial charge is 0.281 e. The van der Waals surface area contributed by atoms with Crippen molar-refractivity contribution in [2.24, 2.45) is 7.05 Å². The molecule has 0 unspecified atom stereocenters. The number of sulfonamides is 1. The van der Waals surface area contributed by atoms with Crippen LogP contribution in [0.1, 0.15) is 5.82 Å². The molecule has 2 aromatic rings. The van der Waals surface area contributed by atoms with E-state index in [1.165, 1.54) is 24.5 Å². The second-order valence-electron chi connectivity index (χ2n) is 3.81. The van der Waals surface area contributed by atoms with Crippen LogP contribution in [-0.4, -0.2) is 23.0 Å². The molecule has 0 saturated heterocycles. The third kappa shape index (κ3) is 2.43. The lowest BCUT2D eigenvalue weighted by atomic mass is 10.4. The van der Waals surface area contributed by atoms with Gasteiger partial charge in [-0.1, -0.05) is 0 Å². The van der Waals surface area contributed by atoms with E-state index < -0.39 is 10.0 Å². The van der Waals surface area contributed by atoms with Gasteiger partial charge < -0.3 is 10.3 Å². The van der Waals surface area contributed by atoms with Crippen molar-refractivity contribution in [3.05, 3.63) is 30.4 Å². The number of imidazole rings is 1. The van der Waals surface area contributed by atoms with Crippen LogP contribution >= 0.6 is 0 Å². The maximum Gasteiger partial charge on any atom is 0.281 e. The van der Waals surface area contributed by atoms with Crippen LogP contribution in [0.25, 0.3) is 0 Å². The number of aryl methyl sites for hydroxylation is 2. The quantitative estimate of drug-likeness (QED) is 0.843. The van der Waals surface area contributed by atoms with Gasteiger partial charge in [-0.15, -0.1) is 0 Å². The molecule has 8 heteroatoms. The van der Waals surface area contributed by atoms with Crippen LogP contribution in [0.3, 0.4) is 0 Å². The first-order valence-corrected chi connectivity index (χ1v) is 6.61. The van der Waals surface area contributed by atoms with E-state index >= 15 is 0 Å². The van der Waals surface area contributed by atoms with Crippen LogP contribution in [0.2, 0.25) is 0 Å². The molecule has 96 valence electrons. The molecule has 0 bridgehead atoms. The lowest BCUT2D eigenvalue weighted by Crippen LogP contribution is -2.13. The molecular formula is C10H13N5O2S. The van der Waals surface area contributed by atoms with Gasteiger partial charge in [0.1, 0.15) is 11.6 Å². The molecule has 0 aliphatic carbocycles. The Hall–Kier alpha value is -2.09. The number of hydrogen-bond donors (Lipinski definition) is 2.